The van der Waals surface area contributed by atoms with Crippen LogP contribution in [-0.2, 0) is 0 Å². The minimum Gasteiger partial charge on any atom is -0.0625 e. The lowest BCUT2D eigenvalue weighted by Crippen LogP contribution is -2.05. The molecule has 0 heterocycles. The van der Waals surface area contributed by atoms with Gasteiger partial charge in [0.15, 0.2) is 0 Å². The van der Waals surface area contributed by atoms with Gasteiger partial charge < -0.3 is 0 Å². The van der Waals surface area contributed by atoms with E-state index in [9.17, 15) is 0 Å². The third kappa shape index (κ3) is 1.41. The normalized spacial score (nSPS) is 47.8. The number of hydrogen-bond donors (Lipinski definition) is 0. The van der Waals surface area contributed by atoms with Crippen molar-refractivity contribution >= 4 is 0 Å². The molecule has 0 aromatic heterocycles. The lowest BCUT2D eigenvalue weighted by molar-refractivity contribution is 0.375. The molecule has 0 bridgehead atoms. The SMILES string of the molecule is CC(C)C1CC1C(C)C1CC1C. The van der Waals surface area contributed by atoms with Crippen LogP contribution >= 0.6 is 0 Å². The van der Waals surface area contributed by atoms with Crippen molar-refractivity contribution in [2.75, 3.05) is 0 Å². The monoisotopic (exact) mass is 166 g/mol. The first-order chi connectivity index (χ1) is 5.61. The van der Waals surface area contributed by atoms with Crippen LogP contribution in [0.25, 0.3) is 0 Å². The van der Waals surface area contributed by atoms with Crippen LogP contribution in [0.5, 0.6) is 0 Å². The predicted octanol–water partition coefficient (Wildman–Crippen LogP) is 3.57. The van der Waals surface area contributed by atoms with Gasteiger partial charge in [0.1, 0.15) is 0 Å². The minimum absolute atomic E-state index is 0.937. The minimum atomic E-state index is 0.937. The molecule has 2 saturated carbocycles. The van der Waals surface area contributed by atoms with Crippen LogP contribution in [0.4, 0.5) is 0 Å². The molecule has 0 aliphatic heterocycles. The predicted molar refractivity (Wildman–Crippen MR) is 52.9 cm³/mol. The van der Waals surface area contributed by atoms with Crippen molar-refractivity contribution in [1.82, 2.24) is 0 Å². The third-order valence-corrected chi connectivity index (χ3v) is 4.27. The van der Waals surface area contributed by atoms with Gasteiger partial charge in [-0.25, -0.2) is 0 Å². The molecule has 2 rings (SSSR count). The Hall–Kier alpha value is 0. The number of rotatable bonds is 3. The summed E-state index contributed by atoms with van der Waals surface area (Å²) < 4.78 is 0. The largest absolute Gasteiger partial charge is 0.0625 e. The van der Waals surface area contributed by atoms with E-state index >= 15 is 0 Å². The summed E-state index contributed by atoms with van der Waals surface area (Å²) in [5, 5.41) is 0. The Balaban J connectivity index is 1.80. The van der Waals surface area contributed by atoms with Gasteiger partial charge in [-0.3, -0.25) is 0 Å². The van der Waals surface area contributed by atoms with Crippen LogP contribution in [0, 0.1) is 35.5 Å². The van der Waals surface area contributed by atoms with E-state index in [1.807, 2.05) is 0 Å². The van der Waals surface area contributed by atoms with Crippen LogP contribution in [0.2, 0.25) is 0 Å². The average molecular weight is 166 g/mol. The fourth-order valence-corrected chi connectivity index (χ4v) is 3.01. The quantitative estimate of drug-likeness (QED) is 0.601. The first-order valence-electron chi connectivity index (χ1n) is 5.61. The molecule has 12 heavy (non-hydrogen) atoms. The summed E-state index contributed by atoms with van der Waals surface area (Å²) in [6.45, 7) is 9.66. The van der Waals surface area contributed by atoms with Crippen molar-refractivity contribution in [3.63, 3.8) is 0 Å². The van der Waals surface area contributed by atoms with Crippen LogP contribution < -0.4 is 0 Å². The molecule has 70 valence electrons. The van der Waals surface area contributed by atoms with Crippen molar-refractivity contribution in [1.29, 1.82) is 0 Å². The Morgan fingerprint density at radius 1 is 0.917 bits per heavy atom. The van der Waals surface area contributed by atoms with Gasteiger partial charge in [-0.2, -0.15) is 0 Å². The van der Waals surface area contributed by atoms with E-state index < -0.39 is 0 Å². The van der Waals surface area contributed by atoms with E-state index in [-0.39, 0.29) is 0 Å². The van der Waals surface area contributed by atoms with Crippen molar-refractivity contribution in [3.8, 4) is 0 Å². The van der Waals surface area contributed by atoms with Gasteiger partial charge in [-0.15, -0.1) is 0 Å². The summed E-state index contributed by atoms with van der Waals surface area (Å²) in [5.74, 6) is 6.29. The molecule has 5 atom stereocenters. The van der Waals surface area contributed by atoms with Gasteiger partial charge >= 0.3 is 0 Å². The van der Waals surface area contributed by atoms with Crippen molar-refractivity contribution in [2.24, 2.45) is 35.5 Å². The van der Waals surface area contributed by atoms with Crippen molar-refractivity contribution < 1.29 is 0 Å². The van der Waals surface area contributed by atoms with E-state index in [4.69, 9.17) is 0 Å². The standard InChI is InChI=1S/C12H22/c1-7(2)10-6-12(10)9(4)11-5-8(11)3/h7-12H,5-6H2,1-4H3. The zero-order valence-electron chi connectivity index (χ0n) is 8.88. The molecular weight excluding hydrogens is 144 g/mol. The zero-order valence-corrected chi connectivity index (χ0v) is 8.88. The van der Waals surface area contributed by atoms with Gasteiger partial charge in [0.25, 0.3) is 0 Å². The Kier molecular flexibility index (Phi) is 1.97. The summed E-state index contributed by atoms with van der Waals surface area (Å²) in [5.41, 5.74) is 0. The Morgan fingerprint density at radius 2 is 1.50 bits per heavy atom. The van der Waals surface area contributed by atoms with Gasteiger partial charge in [0.05, 0.1) is 0 Å². The first kappa shape index (κ1) is 8.59. The highest BCUT2D eigenvalue weighted by Gasteiger charge is 2.49. The maximum Gasteiger partial charge on any atom is -0.0352 e. The smallest absolute Gasteiger partial charge is 0.0352 e. The van der Waals surface area contributed by atoms with E-state index in [0.717, 1.165) is 35.5 Å². The summed E-state index contributed by atoms with van der Waals surface area (Å²) in [4.78, 5) is 0. The highest BCUT2D eigenvalue weighted by atomic mass is 14.5. The summed E-state index contributed by atoms with van der Waals surface area (Å²) in [6, 6.07) is 0. The molecular formula is C12H22. The Morgan fingerprint density at radius 3 is 1.83 bits per heavy atom. The molecule has 0 aromatic rings. The molecule has 2 aliphatic rings. The van der Waals surface area contributed by atoms with E-state index in [2.05, 4.69) is 27.7 Å². The van der Waals surface area contributed by atoms with Crippen LogP contribution in [0.3, 0.4) is 0 Å². The molecule has 0 aromatic carbocycles. The Bertz CT molecular complexity index is 171. The van der Waals surface area contributed by atoms with Gasteiger partial charge in [-0.1, -0.05) is 27.7 Å². The summed E-state index contributed by atoms with van der Waals surface area (Å²) in [6.07, 6.45) is 3.05. The van der Waals surface area contributed by atoms with Crippen LogP contribution in [-0.4, -0.2) is 0 Å². The van der Waals surface area contributed by atoms with Crippen LogP contribution in [0.1, 0.15) is 40.5 Å². The van der Waals surface area contributed by atoms with Gasteiger partial charge in [0, 0.05) is 0 Å². The molecule has 0 amide bonds. The molecule has 0 heteroatoms. The topological polar surface area (TPSA) is 0 Å². The molecule has 2 aliphatic carbocycles. The molecule has 2 fully saturated rings. The highest BCUT2D eigenvalue weighted by molar-refractivity contribution is 4.98. The molecule has 0 saturated heterocycles. The molecule has 5 unspecified atom stereocenters. The van der Waals surface area contributed by atoms with Gasteiger partial charge in [0.2, 0.25) is 0 Å². The second-order valence-electron chi connectivity index (χ2n) is 5.54. The highest BCUT2D eigenvalue weighted by Crippen LogP contribution is 2.57. The van der Waals surface area contributed by atoms with Crippen molar-refractivity contribution in [3.05, 3.63) is 0 Å². The fraction of sp³-hybridized carbons (Fsp3) is 1.00. The number of hydrogen-bond acceptors (Lipinski definition) is 0. The maximum atomic E-state index is 2.49. The van der Waals surface area contributed by atoms with E-state index in [1.165, 1.54) is 12.8 Å². The maximum absolute atomic E-state index is 2.49. The first-order valence-corrected chi connectivity index (χ1v) is 5.61. The Labute approximate surface area is 76.7 Å². The zero-order chi connectivity index (χ0) is 8.88. The second kappa shape index (κ2) is 2.75. The third-order valence-electron chi connectivity index (χ3n) is 4.27. The lowest BCUT2D eigenvalue weighted by Gasteiger charge is -2.11. The van der Waals surface area contributed by atoms with Gasteiger partial charge in [-0.05, 0) is 48.3 Å². The second-order valence-corrected chi connectivity index (χ2v) is 5.54. The van der Waals surface area contributed by atoms with Crippen LogP contribution in [0.15, 0.2) is 0 Å². The lowest BCUT2D eigenvalue weighted by atomic mass is 9.94. The summed E-state index contributed by atoms with van der Waals surface area (Å²) in [7, 11) is 0. The fourth-order valence-electron chi connectivity index (χ4n) is 3.01. The van der Waals surface area contributed by atoms with Crippen molar-refractivity contribution in [2.45, 2.75) is 40.5 Å². The molecule has 0 radical (unpaired) electrons. The average Bonchev–Trinajstić information content (AvgIpc) is 2.78. The van der Waals surface area contributed by atoms with E-state index in [0.29, 0.717) is 0 Å². The molecule has 0 spiro atoms. The summed E-state index contributed by atoms with van der Waals surface area (Å²) >= 11 is 0. The molecule has 0 N–H and O–H groups in total. The van der Waals surface area contributed by atoms with E-state index in [1.54, 1.807) is 0 Å². The molecule has 0 nitrogen and oxygen atoms in total.